The van der Waals surface area contributed by atoms with Crippen molar-refractivity contribution in [3.8, 4) is 16.9 Å². The molecule has 0 amide bonds. The summed E-state index contributed by atoms with van der Waals surface area (Å²) in [5, 5.41) is 9.16. The molecule has 0 radical (unpaired) electrons. The van der Waals surface area contributed by atoms with Crippen molar-refractivity contribution in [3.63, 3.8) is 0 Å². The zero-order valence-electron chi connectivity index (χ0n) is 17.5. The minimum absolute atomic E-state index is 0.309. The number of unbranched alkanes of at least 4 members (excludes halogenated alkanes) is 2. The fourth-order valence-electron chi connectivity index (χ4n) is 3.49. The van der Waals surface area contributed by atoms with Crippen LogP contribution < -0.4 is 4.74 Å². The molecule has 2 rings (SSSR count). The van der Waals surface area contributed by atoms with Gasteiger partial charge in [0.15, 0.2) is 0 Å². The Hall–Kier alpha value is -2.82. The minimum Gasteiger partial charge on any atom is -0.462 e. The number of hydrogen-bond donors (Lipinski definition) is 1. The number of hydrogen-bond acceptors (Lipinski definition) is 4. The highest BCUT2D eigenvalue weighted by Crippen LogP contribution is 2.36. The van der Waals surface area contributed by atoms with Crippen LogP contribution >= 0.6 is 0 Å². The van der Waals surface area contributed by atoms with Crippen molar-refractivity contribution < 1.29 is 24.2 Å². The van der Waals surface area contributed by atoms with E-state index in [1.165, 1.54) is 0 Å². The number of rotatable bonds is 10. The highest BCUT2D eigenvalue weighted by atomic mass is 16.7. The maximum absolute atomic E-state index is 12.5. The van der Waals surface area contributed by atoms with E-state index in [-0.39, 0.29) is 5.97 Å². The zero-order chi connectivity index (χ0) is 21.2. The molecule has 0 aromatic heterocycles. The molecule has 0 heterocycles. The van der Waals surface area contributed by atoms with Gasteiger partial charge in [-0.15, -0.1) is 0 Å². The molecule has 0 aliphatic carbocycles. The summed E-state index contributed by atoms with van der Waals surface area (Å²) in [6.45, 7) is 6.32. The van der Waals surface area contributed by atoms with Crippen LogP contribution in [0.15, 0.2) is 36.4 Å². The number of esters is 1. The van der Waals surface area contributed by atoms with Crippen LogP contribution in [0.2, 0.25) is 0 Å². The fraction of sp³-hybridized carbons (Fsp3) is 0.417. The van der Waals surface area contributed by atoms with E-state index in [4.69, 9.17) is 14.6 Å². The molecular weight excluding hydrogens is 368 g/mol. The lowest BCUT2D eigenvalue weighted by molar-refractivity contribution is 0.0527. The first-order valence-electron chi connectivity index (χ1n) is 10.3. The van der Waals surface area contributed by atoms with Gasteiger partial charge in [0.2, 0.25) is 0 Å². The number of carbonyl (C=O) groups excluding carboxylic acids is 1. The Morgan fingerprint density at radius 2 is 1.52 bits per heavy atom. The third-order valence-electron chi connectivity index (χ3n) is 4.86. The highest BCUT2D eigenvalue weighted by Gasteiger charge is 2.20. The molecule has 0 spiro atoms. The second-order valence-electron chi connectivity index (χ2n) is 6.91. The zero-order valence-corrected chi connectivity index (χ0v) is 17.5. The monoisotopic (exact) mass is 398 g/mol. The molecule has 0 saturated heterocycles. The molecule has 0 unspecified atom stereocenters. The SMILES string of the molecule is CCCCc1c(OC(=O)O)ccc(-c2ccccc2C(=O)OCC)c1CCCC. The van der Waals surface area contributed by atoms with Crippen molar-refractivity contribution in [2.24, 2.45) is 0 Å². The molecule has 0 aliphatic heterocycles. The number of carbonyl (C=O) groups is 2. The Kier molecular flexibility index (Phi) is 8.71. The molecule has 0 atom stereocenters. The Morgan fingerprint density at radius 1 is 0.862 bits per heavy atom. The fourth-order valence-corrected chi connectivity index (χ4v) is 3.49. The van der Waals surface area contributed by atoms with Crippen LogP contribution in [0, 0.1) is 0 Å². The molecule has 0 saturated carbocycles. The molecule has 2 aromatic rings. The van der Waals surface area contributed by atoms with Gasteiger partial charge < -0.3 is 14.6 Å². The average molecular weight is 398 g/mol. The van der Waals surface area contributed by atoms with Crippen LogP contribution in [-0.2, 0) is 17.6 Å². The number of benzene rings is 2. The predicted molar refractivity (Wildman–Crippen MR) is 114 cm³/mol. The Labute approximate surface area is 172 Å². The predicted octanol–water partition coefficient (Wildman–Crippen LogP) is 6.27. The lowest BCUT2D eigenvalue weighted by Crippen LogP contribution is -2.10. The van der Waals surface area contributed by atoms with Crippen molar-refractivity contribution >= 4 is 12.1 Å². The molecule has 0 bridgehead atoms. The summed E-state index contributed by atoms with van der Waals surface area (Å²) in [6, 6.07) is 11.0. The van der Waals surface area contributed by atoms with Gasteiger partial charge in [-0.3, -0.25) is 0 Å². The number of ether oxygens (including phenoxy) is 2. The standard InChI is InChI=1S/C24H30O5/c1-4-7-11-17-19(18-13-9-10-14-21(18)23(25)28-6-3)15-16-22(29-24(26)27)20(17)12-8-5-2/h9-10,13-16H,4-8,11-12H2,1-3H3,(H,26,27). The van der Waals surface area contributed by atoms with E-state index in [9.17, 15) is 9.59 Å². The van der Waals surface area contributed by atoms with Gasteiger partial charge in [0.1, 0.15) is 5.75 Å². The normalized spacial score (nSPS) is 10.6. The summed E-state index contributed by atoms with van der Waals surface area (Å²) in [4.78, 5) is 23.7. The van der Waals surface area contributed by atoms with Gasteiger partial charge in [0.05, 0.1) is 12.2 Å². The molecule has 0 aliphatic rings. The van der Waals surface area contributed by atoms with Crippen molar-refractivity contribution in [1.29, 1.82) is 0 Å². The lowest BCUT2D eigenvalue weighted by Gasteiger charge is -2.19. The van der Waals surface area contributed by atoms with E-state index in [0.717, 1.165) is 60.8 Å². The van der Waals surface area contributed by atoms with Gasteiger partial charge >= 0.3 is 12.1 Å². The second-order valence-corrected chi connectivity index (χ2v) is 6.91. The van der Waals surface area contributed by atoms with Crippen molar-refractivity contribution in [2.75, 3.05) is 6.61 Å². The van der Waals surface area contributed by atoms with Crippen LogP contribution in [0.3, 0.4) is 0 Å². The van der Waals surface area contributed by atoms with E-state index in [1.54, 1.807) is 19.1 Å². The number of carboxylic acid groups (broad SMARTS) is 1. The van der Waals surface area contributed by atoms with Crippen molar-refractivity contribution in [3.05, 3.63) is 53.1 Å². The van der Waals surface area contributed by atoms with Crippen molar-refractivity contribution in [2.45, 2.75) is 59.3 Å². The second kappa shape index (κ2) is 11.2. The van der Waals surface area contributed by atoms with Gasteiger partial charge in [-0.05, 0) is 67.0 Å². The molecule has 5 nitrogen and oxygen atoms in total. The van der Waals surface area contributed by atoms with Crippen LogP contribution in [0.5, 0.6) is 5.75 Å². The molecule has 0 fully saturated rings. The molecule has 5 heteroatoms. The molecule has 2 aromatic carbocycles. The minimum atomic E-state index is -1.32. The average Bonchev–Trinajstić information content (AvgIpc) is 2.71. The Morgan fingerprint density at radius 3 is 2.14 bits per heavy atom. The first-order valence-corrected chi connectivity index (χ1v) is 10.3. The summed E-state index contributed by atoms with van der Waals surface area (Å²) in [5.74, 6) is 0.0277. The maximum atomic E-state index is 12.5. The lowest BCUT2D eigenvalue weighted by atomic mass is 9.87. The third kappa shape index (κ3) is 5.83. The van der Waals surface area contributed by atoms with Crippen LogP contribution in [-0.4, -0.2) is 23.8 Å². The smallest absolute Gasteiger partial charge is 0.462 e. The van der Waals surface area contributed by atoms with Crippen LogP contribution in [0.25, 0.3) is 11.1 Å². The van der Waals surface area contributed by atoms with E-state index >= 15 is 0 Å². The van der Waals surface area contributed by atoms with Crippen molar-refractivity contribution in [1.82, 2.24) is 0 Å². The first kappa shape index (κ1) is 22.5. The summed E-state index contributed by atoms with van der Waals surface area (Å²) >= 11 is 0. The van der Waals surface area contributed by atoms with Gasteiger partial charge in [-0.25, -0.2) is 9.59 Å². The van der Waals surface area contributed by atoms with E-state index in [2.05, 4.69) is 13.8 Å². The van der Waals surface area contributed by atoms with Gasteiger partial charge in [0.25, 0.3) is 0 Å². The summed E-state index contributed by atoms with van der Waals surface area (Å²) in [6.07, 6.45) is 4.10. The van der Waals surface area contributed by atoms with E-state index in [0.29, 0.717) is 17.9 Å². The summed E-state index contributed by atoms with van der Waals surface area (Å²) < 4.78 is 10.3. The molecular formula is C24H30O5. The topological polar surface area (TPSA) is 72.8 Å². The van der Waals surface area contributed by atoms with Crippen LogP contribution in [0.1, 0.15) is 67.9 Å². The molecule has 156 valence electrons. The quantitative estimate of drug-likeness (QED) is 0.377. The molecule has 1 N–H and O–H groups in total. The van der Waals surface area contributed by atoms with Crippen LogP contribution in [0.4, 0.5) is 4.79 Å². The van der Waals surface area contributed by atoms with Gasteiger partial charge in [-0.1, -0.05) is 51.0 Å². The molecule has 29 heavy (non-hydrogen) atoms. The highest BCUT2D eigenvalue weighted by molar-refractivity contribution is 5.98. The maximum Gasteiger partial charge on any atom is 0.511 e. The van der Waals surface area contributed by atoms with Gasteiger partial charge in [0, 0.05) is 0 Å². The summed E-state index contributed by atoms with van der Waals surface area (Å²) in [5.41, 5.74) is 4.22. The van der Waals surface area contributed by atoms with Gasteiger partial charge in [-0.2, -0.15) is 0 Å². The third-order valence-corrected chi connectivity index (χ3v) is 4.86. The summed E-state index contributed by atoms with van der Waals surface area (Å²) in [7, 11) is 0. The Bertz CT molecular complexity index is 841. The first-order chi connectivity index (χ1) is 14.0. The van der Waals surface area contributed by atoms with E-state index in [1.807, 2.05) is 24.3 Å². The van der Waals surface area contributed by atoms with E-state index < -0.39 is 6.16 Å². The largest absolute Gasteiger partial charge is 0.511 e. The Balaban J connectivity index is 2.68.